The number of methoxy groups -OCH3 is 1. The standard InChI is InChI=1S/C27H22ClF3N2O4S/c1-37-26(34)16-7-5-15(6-8-16)25-20-4-2-3-19(20)21-14-18(10-12-24(21)32-25)38(35,36)33-17-9-11-23(28)22(13-17)27(29,30)31/h2-3,5-14,19-20,25,32-33H,4H2,1H3/t19-,20+,25+/m0/s1. The van der Waals surface area contributed by atoms with Crippen LogP contribution in [-0.4, -0.2) is 21.5 Å². The normalized spacial score (nSPS) is 20.3. The molecule has 1 aliphatic carbocycles. The summed E-state index contributed by atoms with van der Waals surface area (Å²) >= 11 is 5.65. The number of fused-ring (bicyclic) bond motifs is 3. The van der Waals surface area contributed by atoms with Crippen molar-refractivity contribution in [2.45, 2.75) is 29.5 Å². The van der Waals surface area contributed by atoms with Gasteiger partial charge in [0.05, 0.1) is 34.2 Å². The minimum absolute atomic E-state index is 0.0681. The molecule has 0 saturated carbocycles. The third-order valence-corrected chi connectivity index (χ3v) is 8.57. The van der Waals surface area contributed by atoms with Gasteiger partial charge in [0, 0.05) is 17.3 Å². The number of halogens is 4. The summed E-state index contributed by atoms with van der Waals surface area (Å²) in [7, 11) is -2.86. The zero-order valence-corrected chi connectivity index (χ0v) is 21.5. The van der Waals surface area contributed by atoms with Crippen molar-refractivity contribution >= 4 is 39.0 Å². The van der Waals surface area contributed by atoms with E-state index in [1.807, 2.05) is 24.3 Å². The molecule has 0 spiro atoms. The molecule has 0 radical (unpaired) electrons. The molecule has 6 nitrogen and oxygen atoms in total. The molecule has 0 aromatic heterocycles. The molecule has 1 aliphatic heterocycles. The highest BCUT2D eigenvalue weighted by Gasteiger charge is 2.39. The second-order valence-electron chi connectivity index (χ2n) is 9.14. The number of carbonyl (C=O) groups is 1. The van der Waals surface area contributed by atoms with Gasteiger partial charge in [-0.15, -0.1) is 0 Å². The number of hydrogen-bond acceptors (Lipinski definition) is 5. The van der Waals surface area contributed by atoms with Gasteiger partial charge in [-0.1, -0.05) is 35.9 Å². The monoisotopic (exact) mass is 562 g/mol. The largest absolute Gasteiger partial charge is 0.465 e. The SMILES string of the molecule is COC(=O)c1ccc([C@H]2Nc3ccc(S(=O)(=O)Nc4ccc(Cl)c(C(F)(F)F)c4)cc3[C@H]3C=CC[C@H]32)cc1. The summed E-state index contributed by atoms with van der Waals surface area (Å²) in [5, 5.41) is 2.98. The number of sulfonamides is 1. The van der Waals surface area contributed by atoms with Crippen LogP contribution in [0, 0.1) is 5.92 Å². The van der Waals surface area contributed by atoms with Gasteiger partial charge in [-0.05, 0) is 72.0 Å². The van der Waals surface area contributed by atoms with Crippen LogP contribution in [0.4, 0.5) is 24.5 Å². The number of esters is 1. The maximum atomic E-state index is 13.2. The minimum Gasteiger partial charge on any atom is -0.465 e. The van der Waals surface area contributed by atoms with Crippen molar-refractivity contribution in [3.8, 4) is 0 Å². The van der Waals surface area contributed by atoms with Crippen LogP contribution < -0.4 is 10.0 Å². The van der Waals surface area contributed by atoms with Crippen molar-refractivity contribution in [3.63, 3.8) is 0 Å². The molecule has 0 amide bonds. The first-order valence-electron chi connectivity index (χ1n) is 11.6. The van der Waals surface area contributed by atoms with Crippen molar-refractivity contribution in [2.75, 3.05) is 17.1 Å². The summed E-state index contributed by atoms with van der Waals surface area (Å²) in [5.41, 5.74) is 1.58. The topological polar surface area (TPSA) is 84.5 Å². The van der Waals surface area contributed by atoms with Gasteiger partial charge in [0.25, 0.3) is 10.0 Å². The third kappa shape index (κ3) is 4.86. The number of allylic oxidation sites excluding steroid dienone is 2. The van der Waals surface area contributed by atoms with Crippen LogP contribution in [0.3, 0.4) is 0 Å². The van der Waals surface area contributed by atoms with Crippen LogP contribution in [0.2, 0.25) is 5.02 Å². The Kier molecular flexibility index (Phi) is 6.65. The Hall–Kier alpha value is -3.50. The first-order chi connectivity index (χ1) is 18.0. The van der Waals surface area contributed by atoms with E-state index in [0.29, 0.717) is 11.6 Å². The maximum absolute atomic E-state index is 13.2. The number of anilines is 2. The molecule has 11 heteroatoms. The Labute approximate surface area is 222 Å². The third-order valence-electron chi connectivity index (χ3n) is 6.86. The number of rotatable bonds is 5. The van der Waals surface area contributed by atoms with E-state index in [1.54, 1.807) is 24.3 Å². The zero-order valence-electron chi connectivity index (χ0n) is 19.9. The highest BCUT2D eigenvalue weighted by atomic mass is 35.5. The predicted molar refractivity (Wildman–Crippen MR) is 138 cm³/mol. The summed E-state index contributed by atoms with van der Waals surface area (Å²) < 4.78 is 72.9. The molecular formula is C27H22ClF3N2O4S. The first kappa shape index (κ1) is 26.1. The number of nitrogens with one attached hydrogen (secondary N) is 2. The zero-order chi connectivity index (χ0) is 27.2. The molecule has 0 saturated heterocycles. The lowest BCUT2D eigenvalue weighted by Crippen LogP contribution is -2.29. The van der Waals surface area contributed by atoms with Gasteiger partial charge in [0.1, 0.15) is 0 Å². The fourth-order valence-electron chi connectivity index (χ4n) is 5.03. The van der Waals surface area contributed by atoms with E-state index in [1.165, 1.54) is 19.2 Å². The van der Waals surface area contributed by atoms with Gasteiger partial charge in [-0.2, -0.15) is 13.2 Å². The number of ether oxygens (including phenoxy) is 1. The summed E-state index contributed by atoms with van der Waals surface area (Å²) in [5.74, 6) is -0.392. The van der Waals surface area contributed by atoms with E-state index in [0.717, 1.165) is 29.3 Å². The fourth-order valence-corrected chi connectivity index (χ4v) is 6.34. The molecule has 0 bridgehead atoms. The Morgan fingerprint density at radius 3 is 2.50 bits per heavy atom. The number of hydrogen-bond donors (Lipinski definition) is 2. The molecule has 38 heavy (non-hydrogen) atoms. The van der Waals surface area contributed by atoms with E-state index >= 15 is 0 Å². The molecule has 2 aliphatic rings. The summed E-state index contributed by atoms with van der Waals surface area (Å²) in [6.07, 6.45) is 0.128. The van der Waals surface area contributed by atoms with E-state index in [4.69, 9.17) is 16.3 Å². The molecule has 1 heterocycles. The second kappa shape index (κ2) is 9.67. The number of carbonyl (C=O) groups excluding carboxylic acids is 1. The first-order valence-corrected chi connectivity index (χ1v) is 13.5. The summed E-state index contributed by atoms with van der Waals surface area (Å²) in [4.78, 5) is 11.7. The van der Waals surface area contributed by atoms with Crippen molar-refractivity contribution in [2.24, 2.45) is 5.92 Å². The molecule has 5 rings (SSSR count). The van der Waals surface area contributed by atoms with Gasteiger partial charge >= 0.3 is 12.1 Å². The van der Waals surface area contributed by atoms with Gasteiger partial charge in [-0.25, -0.2) is 13.2 Å². The van der Waals surface area contributed by atoms with E-state index in [2.05, 4.69) is 10.0 Å². The Morgan fingerprint density at radius 2 is 1.82 bits per heavy atom. The van der Waals surface area contributed by atoms with Gasteiger partial charge in [0.15, 0.2) is 0 Å². The number of alkyl halides is 3. The lowest BCUT2D eigenvalue weighted by molar-refractivity contribution is -0.137. The van der Waals surface area contributed by atoms with Crippen LogP contribution in [-0.2, 0) is 20.9 Å². The van der Waals surface area contributed by atoms with Gasteiger partial charge in [0.2, 0.25) is 0 Å². The maximum Gasteiger partial charge on any atom is 0.417 e. The van der Waals surface area contributed by atoms with E-state index in [9.17, 15) is 26.4 Å². The van der Waals surface area contributed by atoms with Crippen molar-refractivity contribution < 1.29 is 31.1 Å². The molecule has 2 N–H and O–H groups in total. The minimum atomic E-state index is -4.73. The average molecular weight is 563 g/mol. The summed E-state index contributed by atoms with van der Waals surface area (Å²) in [6.45, 7) is 0. The second-order valence-corrected chi connectivity index (χ2v) is 11.2. The Morgan fingerprint density at radius 1 is 1.08 bits per heavy atom. The van der Waals surface area contributed by atoms with Crippen molar-refractivity contribution in [1.82, 2.24) is 0 Å². The van der Waals surface area contributed by atoms with Crippen molar-refractivity contribution in [3.05, 3.63) is 100 Å². The number of benzene rings is 3. The van der Waals surface area contributed by atoms with Crippen LogP contribution in [0.25, 0.3) is 0 Å². The molecule has 3 aromatic rings. The Balaban J connectivity index is 1.44. The molecule has 0 fully saturated rings. The highest BCUT2D eigenvalue weighted by molar-refractivity contribution is 7.92. The molecule has 0 unspecified atom stereocenters. The quantitative estimate of drug-likeness (QED) is 0.265. The molecular weight excluding hydrogens is 541 g/mol. The lowest BCUT2D eigenvalue weighted by atomic mass is 9.77. The van der Waals surface area contributed by atoms with Gasteiger partial charge < -0.3 is 10.1 Å². The van der Waals surface area contributed by atoms with Crippen LogP contribution in [0.5, 0.6) is 0 Å². The van der Waals surface area contributed by atoms with E-state index < -0.39 is 32.8 Å². The summed E-state index contributed by atoms with van der Waals surface area (Å²) in [6, 6.07) is 14.5. The van der Waals surface area contributed by atoms with Crippen molar-refractivity contribution in [1.29, 1.82) is 0 Å². The fraction of sp³-hybridized carbons (Fsp3) is 0.222. The molecule has 3 atom stereocenters. The predicted octanol–water partition coefficient (Wildman–Crippen LogP) is 6.77. The highest BCUT2D eigenvalue weighted by Crippen LogP contribution is 2.50. The average Bonchev–Trinajstić information content (AvgIpc) is 3.38. The Bertz CT molecular complexity index is 1540. The van der Waals surface area contributed by atoms with Crippen LogP contribution in [0.15, 0.2) is 77.7 Å². The van der Waals surface area contributed by atoms with Crippen LogP contribution in [0.1, 0.15) is 45.4 Å². The lowest BCUT2D eigenvalue weighted by Gasteiger charge is -2.37. The van der Waals surface area contributed by atoms with Crippen LogP contribution >= 0.6 is 11.6 Å². The smallest absolute Gasteiger partial charge is 0.417 e. The van der Waals surface area contributed by atoms with Gasteiger partial charge in [-0.3, -0.25) is 4.72 Å². The molecule has 3 aromatic carbocycles. The van der Waals surface area contributed by atoms with E-state index in [-0.39, 0.29) is 28.5 Å². The molecule has 198 valence electrons.